The average molecular weight is 171 g/mol. The first-order chi connectivity index (χ1) is 5.65. The van der Waals surface area contributed by atoms with Gasteiger partial charge in [-0.05, 0) is 13.3 Å². The molecule has 1 aliphatic heterocycles. The smallest absolute Gasteiger partial charge is 0.224 e. The van der Waals surface area contributed by atoms with E-state index < -0.39 is 0 Å². The lowest BCUT2D eigenvalue weighted by Gasteiger charge is -2.32. The third-order valence-electron chi connectivity index (χ3n) is 2.32. The minimum Gasteiger partial charge on any atom is -0.359 e. The Morgan fingerprint density at radius 1 is 1.58 bits per heavy atom. The first-order valence-corrected chi connectivity index (χ1v) is 4.57. The largest absolute Gasteiger partial charge is 0.359 e. The lowest BCUT2D eigenvalue weighted by atomic mass is 9.91. The summed E-state index contributed by atoms with van der Waals surface area (Å²) in [7, 11) is 0. The number of piperidine rings is 1. The van der Waals surface area contributed by atoms with Crippen molar-refractivity contribution >= 4 is 5.91 Å². The van der Waals surface area contributed by atoms with Gasteiger partial charge < -0.3 is 10.1 Å². The summed E-state index contributed by atoms with van der Waals surface area (Å²) in [6.07, 6.45) is 0.856. The van der Waals surface area contributed by atoms with Crippen molar-refractivity contribution in [3.05, 3.63) is 0 Å². The molecule has 0 aromatic carbocycles. The maximum absolute atomic E-state index is 11.2. The molecule has 1 N–H and O–H groups in total. The second kappa shape index (κ2) is 3.90. The topological polar surface area (TPSA) is 38.3 Å². The zero-order valence-electron chi connectivity index (χ0n) is 7.96. The van der Waals surface area contributed by atoms with Gasteiger partial charge in [-0.25, -0.2) is 0 Å². The Kier molecular flexibility index (Phi) is 3.09. The van der Waals surface area contributed by atoms with Crippen LogP contribution in [-0.2, 0) is 9.53 Å². The molecule has 0 bridgehead atoms. The Labute approximate surface area is 73.5 Å². The third kappa shape index (κ3) is 1.97. The van der Waals surface area contributed by atoms with Crippen molar-refractivity contribution in [2.75, 3.05) is 6.61 Å². The quantitative estimate of drug-likeness (QED) is 0.676. The molecule has 12 heavy (non-hydrogen) atoms. The molecular formula is C9H17NO2. The SMILES string of the molecule is CCOC1NC(=O)C(C)CC1C. The van der Waals surface area contributed by atoms with E-state index in [9.17, 15) is 4.79 Å². The Bertz CT molecular complexity index is 170. The fraction of sp³-hybridized carbons (Fsp3) is 0.889. The average Bonchev–Trinajstić information content (AvgIpc) is 2.01. The molecule has 3 unspecified atom stereocenters. The molecule has 0 aromatic heterocycles. The number of rotatable bonds is 2. The van der Waals surface area contributed by atoms with Crippen LogP contribution in [0.15, 0.2) is 0 Å². The zero-order valence-corrected chi connectivity index (χ0v) is 7.96. The van der Waals surface area contributed by atoms with Crippen molar-refractivity contribution in [3.63, 3.8) is 0 Å². The highest BCUT2D eigenvalue weighted by atomic mass is 16.5. The van der Waals surface area contributed by atoms with Crippen LogP contribution in [0.4, 0.5) is 0 Å². The van der Waals surface area contributed by atoms with E-state index in [0.29, 0.717) is 12.5 Å². The highest BCUT2D eigenvalue weighted by Crippen LogP contribution is 2.21. The number of ether oxygens (including phenoxy) is 1. The van der Waals surface area contributed by atoms with E-state index in [1.807, 2.05) is 13.8 Å². The molecule has 1 aliphatic rings. The fourth-order valence-corrected chi connectivity index (χ4v) is 1.60. The minimum atomic E-state index is -0.0706. The van der Waals surface area contributed by atoms with Crippen molar-refractivity contribution in [1.29, 1.82) is 0 Å². The van der Waals surface area contributed by atoms with Gasteiger partial charge in [0.05, 0.1) is 0 Å². The molecule has 0 saturated carbocycles. The van der Waals surface area contributed by atoms with Gasteiger partial charge in [-0.1, -0.05) is 13.8 Å². The fourth-order valence-electron chi connectivity index (χ4n) is 1.60. The summed E-state index contributed by atoms with van der Waals surface area (Å²) in [6, 6.07) is 0. The van der Waals surface area contributed by atoms with E-state index in [1.54, 1.807) is 0 Å². The summed E-state index contributed by atoms with van der Waals surface area (Å²) >= 11 is 0. The minimum absolute atomic E-state index is 0.0706. The van der Waals surface area contributed by atoms with Crippen LogP contribution in [0.25, 0.3) is 0 Å². The third-order valence-corrected chi connectivity index (χ3v) is 2.32. The number of nitrogens with one attached hydrogen (secondary N) is 1. The summed E-state index contributed by atoms with van der Waals surface area (Å²) in [4.78, 5) is 11.2. The van der Waals surface area contributed by atoms with E-state index in [1.165, 1.54) is 0 Å². The van der Waals surface area contributed by atoms with Gasteiger partial charge in [-0.3, -0.25) is 4.79 Å². The monoisotopic (exact) mass is 171 g/mol. The van der Waals surface area contributed by atoms with Gasteiger partial charge in [0, 0.05) is 18.4 Å². The molecule has 3 nitrogen and oxygen atoms in total. The van der Waals surface area contributed by atoms with Gasteiger partial charge in [-0.15, -0.1) is 0 Å². The first-order valence-electron chi connectivity index (χ1n) is 4.57. The first kappa shape index (κ1) is 9.52. The highest BCUT2D eigenvalue weighted by Gasteiger charge is 2.30. The standard InChI is InChI=1S/C9H17NO2/c1-4-12-9-7(3)5-6(2)8(11)10-9/h6-7,9H,4-5H2,1-3H3,(H,10,11). The molecule has 0 radical (unpaired) electrons. The lowest BCUT2D eigenvalue weighted by Crippen LogP contribution is -2.49. The predicted octanol–water partition coefficient (Wildman–Crippen LogP) is 1.14. The summed E-state index contributed by atoms with van der Waals surface area (Å²) in [5.74, 6) is 0.681. The van der Waals surface area contributed by atoms with Gasteiger partial charge in [0.2, 0.25) is 5.91 Å². The number of hydrogen-bond acceptors (Lipinski definition) is 2. The molecule has 0 spiro atoms. The molecule has 1 saturated heterocycles. The molecule has 0 aromatic rings. The van der Waals surface area contributed by atoms with Crippen molar-refractivity contribution in [3.8, 4) is 0 Å². The summed E-state index contributed by atoms with van der Waals surface area (Å²) in [5, 5.41) is 2.86. The van der Waals surface area contributed by atoms with Crippen LogP contribution in [0, 0.1) is 11.8 Å². The van der Waals surface area contributed by atoms with Gasteiger partial charge >= 0.3 is 0 Å². The van der Waals surface area contributed by atoms with Crippen LogP contribution >= 0.6 is 0 Å². The van der Waals surface area contributed by atoms with Crippen molar-refractivity contribution in [1.82, 2.24) is 5.32 Å². The molecule has 3 atom stereocenters. The molecule has 1 heterocycles. The molecule has 1 fully saturated rings. The summed E-state index contributed by atoms with van der Waals surface area (Å²) < 4.78 is 5.38. The van der Waals surface area contributed by atoms with Crippen molar-refractivity contribution in [2.45, 2.75) is 33.4 Å². The highest BCUT2D eigenvalue weighted by molar-refractivity contribution is 5.79. The van der Waals surface area contributed by atoms with E-state index in [-0.39, 0.29) is 18.1 Å². The molecule has 1 amide bonds. The Morgan fingerprint density at radius 2 is 2.25 bits per heavy atom. The van der Waals surface area contributed by atoms with Crippen molar-refractivity contribution in [2.24, 2.45) is 11.8 Å². The molecular weight excluding hydrogens is 154 g/mol. The predicted molar refractivity (Wildman–Crippen MR) is 46.5 cm³/mol. The Hall–Kier alpha value is -0.570. The second-order valence-electron chi connectivity index (χ2n) is 3.50. The summed E-state index contributed by atoms with van der Waals surface area (Å²) in [6.45, 7) is 6.66. The van der Waals surface area contributed by atoms with E-state index in [2.05, 4.69) is 12.2 Å². The molecule has 1 rings (SSSR count). The van der Waals surface area contributed by atoms with Gasteiger partial charge in [0.25, 0.3) is 0 Å². The lowest BCUT2D eigenvalue weighted by molar-refractivity contribution is -0.136. The van der Waals surface area contributed by atoms with Crippen LogP contribution in [-0.4, -0.2) is 18.7 Å². The van der Waals surface area contributed by atoms with Crippen LogP contribution in [0.3, 0.4) is 0 Å². The molecule has 70 valence electrons. The van der Waals surface area contributed by atoms with Crippen LogP contribution in [0.2, 0.25) is 0 Å². The normalized spacial score (nSPS) is 36.2. The van der Waals surface area contributed by atoms with Gasteiger partial charge in [0.1, 0.15) is 6.23 Å². The Balaban J connectivity index is 2.49. The Morgan fingerprint density at radius 3 is 2.83 bits per heavy atom. The number of hydrogen-bond donors (Lipinski definition) is 1. The number of amides is 1. The van der Waals surface area contributed by atoms with Crippen LogP contribution < -0.4 is 5.32 Å². The van der Waals surface area contributed by atoms with E-state index in [4.69, 9.17) is 4.74 Å². The van der Waals surface area contributed by atoms with Gasteiger partial charge in [0.15, 0.2) is 0 Å². The van der Waals surface area contributed by atoms with Crippen LogP contribution in [0.1, 0.15) is 27.2 Å². The zero-order chi connectivity index (χ0) is 9.14. The number of carbonyl (C=O) groups excluding carboxylic acids is 1. The van der Waals surface area contributed by atoms with E-state index >= 15 is 0 Å². The maximum atomic E-state index is 11.2. The maximum Gasteiger partial charge on any atom is 0.224 e. The second-order valence-corrected chi connectivity index (χ2v) is 3.50. The van der Waals surface area contributed by atoms with E-state index in [0.717, 1.165) is 6.42 Å². The number of carbonyl (C=O) groups is 1. The van der Waals surface area contributed by atoms with Gasteiger partial charge in [-0.2, -0.15) is 0 Å². The molecule has 0 aliphatic carbocycles. The summed E-state index contributed by atoms with van der Waals surface area (Å²) in [5.41, 5.74) is 0. The van der Waals surface area contributed by atoms with Crippen molar-refractivity contribution < 1.29 is 9.53 Å². The molecule has 3 heteroatoms. The van der Waals surface area contributed by atoms with Crippen LogP contribution in [0.5, 0.6) is 0 Å².